The van der Waals surface area contributed by atoms with Gasteiger partial charge in [0.1, 0.15) is 17.2 Å². The molecule has 0 heterocycles. The summed E-state index contributed by atoms with van der Waals surface area (Å²) >= 11 is 0. The van der Waals surface area contributed by atoms with E-state index in [4.69, 9.17) is 5.84 Å². The zero-order chi connectivity index (χ0) is 14.2. The molecule has 0 saturated carbocycles. The number of amides is 1. The zero-order valence-corrected chi connectivity index (χ0v) is 11.3. The number of benzene rings is 1. The molecule has 100 valence electrons. The Kier molecular flexibility index (Phi) is 3.76. The number of carbonyl (C=O) groups is 1. The summed E-state index contributed by atoms with van der Waals surface area (Å²) in [6, 6.07) is 1.36. The van der Waals surface area contributed by atoms with Crippen LogP contribution < -0.4 is 5.84 Å². The van der Waals surface area contributed by atoms with Gasteiger partial charge in [-0.2, -0.15) is 0 Å². The van der Waals surface area contributed by atoms with Crippen LogP contribution >= 0.6 is 0 Å². The minimum Gasteiger partial charge on any atom is -0.271 e. The molecule has 1 aromatic rings. The van der Waals surface area contributed by atoms with Crippen molar-refractivity contribution in [3.8, 4) is 0 Å². The Balaban J connectivity index is 3.39. The van der Waals surface area contributed by atoms with Gasteiger partial charge in [-0.1, -0.05) is 6.07 Å². The average Bonchev–Trinajstić information content (AvgIpc) is 2.24. The van der Waals surface area contributed by atoms with Crippen LogP contribution in [-0.4, -0.2) is 16.5 Å². The fourth-order valence-corrected chi connectivity index (χ4v) is 1.56. The van der Waals surface area contributed by atoms with E-state index in [1.54, 1.807) is 20.8 Å². The van der Waals surface area contributed by atoms with E-state index >= 15 is 0 Å². The van der Waals surface area contributed by atoms with Gasteiger partial charge in [0.05, 0.1) is 5.54 Å². The van der Waals surface area contributed by atoms with Crippen LogP contribution in [-0.2, 0) is 0 Å². The molecule has 0 bridgehead atoms. The Hall–Kier alpha value is -1.49. The van der Waals surface area contributed by atoms with Crippen molar-refractivity contribution in [1.82, 2.24) is 5.01 Å². The molecule has 0 aliphatic heterocycles. The van der Waals surface area contributed by atoms with Crippen molar-refractivity contribution < 1.29 is 13.6 Å². The summed E-state index contributed by atoms with van der Waals surface area (Å²) in [4.78, 5) is 12.1. The number of halogens is 2. The summed E-state index contributed by atoms with van der Waals surface area (Å²) in [5, 5.41) is 0.841. The van der Waals surface area contributed by atoms with E-state index in [0.29, 0.717) is 0 Å². The van der Waals surface area contributed by atoms with Crippen molar-refractivity contribution in [2.75, 3.05) is 0 Å². The van der Waals surface area contributed by atoms with E-state index in [1.165, 1.54) is 19.9 Å². The Bertz CT molecular complexity index is 466. The molecule has 0 spiro atoms. The Morgan fingerprint density at radius 2 is 1.56 bits per heavy atom. The van der Waals surface area contributed by atoms with Gasteiger partial charge in [0.15, 0.2) is 0 Å². The lowest BCUT2D eigenvalue weighted by atomic mass is 10.0. The first-order valence-electron chi connectivity index (χ1n) is 5.61. The van der Waals surface area contributed by atoms with Crippen LogP contribution in [0.5, 0.6) is 0 Å². The maximum absolute atomic E-state index is 13.9. The number of rotatable bonds is 1. The Morgan fingerprint density at radius 3 is 1.89 bits per heavy atom. The highest BCUT2D eigenvalue weighted by Crippen LogP contribution is 2.23. The molecule has 0 atom stereocenters. The standard InChI is InChI=1S/C13H18F2N2O/c1-7-6-8(2)11(15)9(10(7)14)12(18)17(16)13(3,4)5/h6H,16H2,1-5H3. The highest BCUT2D eigenvalue weighted by Gasteiger charge is 2.30. The molecule has 0 aromatic heterocycles. The molecule has 1 aromatic carbocycles. The summed E-state index contributed by atoms with van der Waals surface area (Å²) in [7, 11) is 0. The largest absolute Gasteiger partial charge is 0.274 e. The fraction of sp³-hybridized carbons (Fsp3) is 0.462. The van der Waals surface area contributed by atoms with Crippen molar-refractivity contribution >= 4 is 5.91 Å². The second-order valence-corrected chi connectivity index (χ2v) is 5.36. The molecular formula is C13H18F2N2O. The van der Waals surface area contributed by atoms with E-state index in [1.807, 2.05) is 0 Å². The summed E-state index contributed by atoms with van der Waals surface area (Å²) in [6.07, 6.45) is 0. The van der Waals surface area contributed by atoms with Crippen LogP contribution in [0.4, 0.5) is 8.78 Å². The normalized spacial score (nSPS) is 11.6. The molecule has 0 fully saturated rings. The van der Waals surface area contributed by atoms with Gasteiger partial charge in [0, 0.05) is 0 Å². The third kappa shape index (κ3) is 2.51. The minimum absolute atomic E-state index is 0.222. The number of nitrogens with two attached hydrogens (primary N) is 1. The third-order valence-corrected chi connectivity index (χ3v) is 2.72. The molecule has 5 heteroatoms. The van der Waals surface area contributed by atoms with Crippen LogP contribution in [0.25, 0.3) is 0 Å². The second kappa shape index (κ2) is 4.65. The Morgan fingerprint density at radius 1 is 1.17 bits per heavy atom. The number of carbonyl (C=O) groups excluding carboxylic acids is 1. The molecule has 2 N–H and O–H groups in total. The molecule has 0 saturated heterocycles. The van der Waals surface area contributed by atoms with Crippen molar-refractivity contribution in [3.63, 3.8) is 0 Å². The highest BCUT2D eigenvalue weighted by atomic mass is 19.1. The maximum Gasteiger partial charge on any atom is 0.274 e. The minimum atomic E-state index is -0.859. The molecule has 18 heavy (non-hydrogen) atoms. The number of hydrogen-bond acceptors (Lipinski definition) is 2. The van der Waals surface area contributed by atoms with Gasteiger partial charge in [-0.25, -0.2) is 14.6 Å². The summed E-state index contributed by atoms with van der Waals surface area (Å²) < 4.78 is 27.8. The predicted octanol–water partition coefficient (Wildman–Crippen LogP) is 2.70. The lowest BCUT2D eigenvalue weighted by molar-refractivity contribution is 0.0571. The topological polar surface area (TPSA) is 46.3 Å². The molecular weight excluding hydrogens is 238 g/mol. The van der Waals surface area contributed by atoms with Gasteiger partial charge in [-0.05, 0) is 45.7 Å². The number of nitrogens with zero attached hydrogens (tertiary/aromatic N) is 1. The smallest absolute Gasteiger partial charge is 0.271 e. The van der Waals surface area contributed by atoms with E-state index < -0.39 is 28.6 Å². The van der Waals surface area contributed by atoms with Crippen molar-refractivity contribution in [2.45, 2.75) is 40.2 Å². The van der Waals surface area contributed by atoms with Crippen LogP contribution in [0, 0.1) is 25.5 Å². The second-order valence-electron chi connectivity index (χ2n) is 5.36. The number of hydrogen-bond donors (Lipinski definition) is 1. The van der Waals surface area contributed by atoms with Crippen LogP contribution in [0.2, 0.25) is 0 Å². The summed E-state index contributed by atoms with van der Waals surface area (Å²) in [5.41, 5.74) is -0.864. The fourth-order valence-electron chi connectivity index (χ4n) is 1.56. The maximum atomic E-state index is 13.9. The van der Waals surface area contributed by atoms with Crippen molar-refractivity contribution in [3.05, 3.63) is 34.4 Å². The number of aryl methyl sites for hydroxylation is 2. The lowest BCUT2D eigenvalue weighted by Gasteiger charge is -2.31. The molecule has 0 aliphatic carbocycles. The molecule has 0 aliphatic rings. The van der Waals surface area contributed by atoms with E-state index in [9.17, 15) is 13.6 Å². The first-order valence-corrected chi connectivity index (χ1v) is 5.61. The van der Waals surface area contributed by atoms with E-state index in [2.05, 4.69) is 0 Å². The van der Waals surface area contributed by atoms with Gasteiger partial charge < -0.3 is 0 Å². The lowest BCUT2D eigenvalue weighted by Crippen LogP contribution is -2.51. The Labute approximate surface area is 106 Å². The van der Waals surface area contributed by atoms with Crippen LogP contribution in [0.1, 0.15) is 42.3 Å². The molecule has 0 radical (unpaired) electrons. The quantitative estimate of drug-likeness (QED) is 0.477. The first kappa shape index (κ1) is 14.6. The van der Waals surface area contributed by atoms with Crippen molar-refractivity contribution in [2.24, 2.45) is 5.84 Å². The van der Waals surface area contributed by atoms with Gasteiger partial charge >= 0.3 is 0 Å². The first-order chi connectivity index (χ1) is 8.07. The number of hydrazine groups is 1. The van der Waals surface area contributed by atoms with E-state index in [0.717, 1.165) is 5.01 Å². The average molecular weight is 256 g/mol. The predicted molar refractivity (Wildman–Crippen MR) is 65.9 cm³/mol. The summed E-state index contributed by atoms with van der Waals surface area (Å²) in [6.45, 7) is 8.02. The van der Waals surface area contributed by atoms with Gasteiger partial charge in [-0.3, -0.25) is 9.80 Å². The monoisotopic (exact) mass is 256 g/mol. The SMILES string of the molecule is Cc1cc(C)c(F)c(C(=O)N(N)C(C)(C)C)c1F. The van der Waals surface area contributed by atoms with Crippen molar-refractivity contribution in [1.29, 1.82) is 0 Å². The zero-order valence-electron chi connectivity index (χ0n) is 11.3. The molecule has 0 unspecified atom stereocenters. The molecule has 1 rings (SSSR count). The highest BCUT2D eigenvalue weighted by molar-refractivity contribution is 5.95. The van der Waals surface area contributed by atoms with E-state index in [-0.39, 0.29) is 11.1 Å². The third-order valence-electron chi connectivity index (χ3n) is 2.72. The van der Waals surface area contributed by atoms with Crippen LogP contribution in [0.3, 0.4) is 0 Å². The van der Waals surface area contributed by atoms with Gasteiger partial charge in [0.25, 0.3) is 5.91 Å². The van der Waals surface area contributed by atoms with Crippen LogP contribution in [0.15, 0.2) is 6.07 Å². The summed E-state index contributed by atoms with van der Waals surface area (Å²) in [5.74, 6) is 3.04. The molecule has 1 amide bonds. The molecule has 3 nitrogen and oxygen atoms in total. The van der Waals surface area contributed by atoms with Gasteiger partial charge in [0.2, 0.25) is 0 Å². The van der Waals surface area contributed by atoms with Gasteiger partial charge in [-0.15, -0.1) is 0 Å².